The fourth-order valence-corrected chi connectivity index (χ4v) is 4.69. The smallest absolute Gasteiger partial charge is 0.243 e. The number of nitrogens with one attached hydrogen (secondary N) is 1. The summed E-state index contributed by atoms with van der Waals surface area (Å²) in [5.41, 5.74) is 1.58. The molecule has 0 atom stereocenters. The van der Waals surface area contributed by atoms with Crippen LogP contribution in [-0.4, -0.2) is 25.2 Å². The first-order valence-corrected chi connectivity index (χ1v) is 12.2. The average Bonchev–Trinajstić information content (AvgIpc) is 2.74. The molecule has 31 heavy (non-hydrogen) atoms. The van der Waals surface area contributed by atoms with E-state index in [0.717, 1.165) is 19.9 Å². The Bertz CT molecular complexity index is 1140. The highest BCUT2D eigenvalue weighted by Crippen LogP contribution is 2.21. The van der Waals surface area contributed by atoms with Crippen molar-refractivity contribution in [3.8, 4) is 0 Å². The summed E-state index contributed by atoms with van der Waals surface area (Å²) in [6.45, 7) is -0.0261. The third-order valence-corrected chi connectivity index (χ3v) is 7.29. The zero-order chi connectivity index (χ0) is 22.4. The average molecular weight is 542 g/mol. The van der Waals surface area contributed by atoms with Crippen molar-refractivity contribution in [1.82, 2.24) is 9.62 Å². The van der Waals surface area contributed by atoms with E-state index < -0.39 is 15.9 Å². The maximum absolute atomic E-state index is 13.3. The van der Waals surface area contributed by atoms with Crippen molar-refractivity contribution in [2.45, 2.75) is 18.0 Å². The molecule has 1 amide bonds. The topological polar surface area (TPSA) is 66.5 Å². The van der Waals surface area contributed by atoms with E-state index in [1.807, 2.05) is 0 Å². The van der Waals surface area contributed by atoms with Gasteiger partial charge in [-0.25, -0.2) is 8.42 Å². The van der Waals surface area contributed by atoms with Gasteiger partial charge in [0.2, 0.25) is 15.9 Å². The number of hydrogen-bond donors (Lipinski definition) is 1. The minimum atomic E-state index is -3.91. The molecule has 0 radical (unpaired) electrons. The summed E-state index contributed by atoms with van der Waals surface area (Å²) in [6.07, 6.45) is 0. The molecule has 3 aromatic carbocycles. The van der Waals surface area contributed by atoms with E-state index in [-0.39, 0.29) is 24.5 Å². The highest BCUT2D eigenvalue weighted by molar-refractivity contribution is 9.10. The van der Waals surface area contributed by atoms with Crippen LogP contribution in [0.25, 0.3) is 0 Å². The van der Waals surface area contributed by atoms with Crippen LogP contribution < -0.4 is 5.32 Å². The van der Waals surface area contributed by atoms with Gasteiger partial charge in [0.15, 0.2) is 0 Å². The molecule has 0 saturated carbocycles. The van der Waals surface area contributed by atoms with Crippen LogP contribution in [-0.2, 0) is 27.9 Å². The van der Waals surface area contributed by atoms with E-state index in [1.54, 1.807) is 60.7 Å². The third-order valence-electron chi connectivity index (χ3n) is 4.45. The molecule has 0 fully saturated rings. The molecule has 0 unspecified atom stereocenters. The van der Waals surface area contributed by atoms with Crippen molar-refractivity contribution in [3.63, 3.8) is 0 Å². The van der Waals surface area contributed by atoms with E-state index in [0.29, 0.717) is 10.0 Å². The Kier molecular flexibility index (Phi) is 8.13. The van der Waals surface area contributed by atoms with Gasteiger partial charge in [0.25, 0.3) is 0 Å². The summed E-state index contributed by atoms with van der Waals surface area (Å²) < 4.78 is 28.4. The third kappa shape index (κ3) is 6.79. The maximum Gasteiger partial charge on any atom is 0.243 e. The first-order chi connectivity index (χ1) is 14.7. The standard InChI is InChI=1S/C22H19BrCl2N2O3S/c23-18-5-11-21(12-6-18)31(29,30)27(14-17-3-9-20(25)10-4-17)15-22(28)26-13-16-1-7-19(24)8-2-16/h1-12H,13-15H2,(H,26,28). The summed E-state index contributed by atoms with van der Waals surface area (Å²) in [6, 6.07) is 20.2. The van der Waals surface area contributed by atoms with Crippen LogP contribution in [0.5, 0.6) is 0 Å². The van der Waals surface area contributed by atoms with Crippen molar-refractivity contribution in [2.75, 3.05) is 6.54 Å². The Morgan fingerprint density at radius 2 is 1.35 bits per heavy atom. The van der Waals surface area contributed by atoms with Crippen molar-refractivity contribution >= 4 is 55.1 Å². The second-order valence-electron chi connectivity index (χ2n) is 6.76. The van der Waals surface area contributed by atoms with Gasteiger partial charge < -0.3 is 5.32 Å². The summed E-state index contributed by atoms with van der Waals surface area (Å²) in [5, 5.41) is 3.91. The van der Waals surface area contributed by atoms with Crippen LogP contribution in [0.15, 0.2) is 82.2 Å². The Hall–Kier alpha value is -1.90. The van der Waals surface area contributed by atoms with Crippen LogP contribution in [0.1, 0.15) is 11.1 Å². The lowest BCUT2D eigenvalue weighted by Gasteiger charge is -2.22. The molecule has 0 aliphatic rings. The zero-order valence-corrected chi connectivity index (χ0v) is 20.2. The number of nitrogens with zero attached hydrogens (tertiary/aromatic N) is 1. The van der Waals surface area contributed by atoms with Gasteiger partial charge in [-0.15, -0.1) is 0 Å². The molecule has 3 aromatic rings. The lowest BCUT2D eigenvalue weighted by molar-refractivity contribution is -0.121. The molecule has 0 aliphatic heterocycles. The Balaban J connectivity index is 1.79. The SMILES string of the molecule is O=C(CN(Cc1ccc(Cl)cc1)S(=O)(=O)c1ccc(Br)cc1)NCc1ccc(Cl)cc1. The van der Waals surface area contributed by atoms with Gasteiger partial charge in [0, 0.05) is 27.6 Å². The highest BCUT2D eigenvalue weighted by atomic mass is 79.9. The Labute approximate surface area is 200 Å². The molecular weight excluding hydrogens is 523 g/mol. The van der Waals surface area contributed by atoms with Gasteiger partial charge in [-0.05, 0) is 59.7 Å². The molecule has 3 rings (SSSR count). The lowest BCUT2D eigenvalue weighted by Crippen LogP contribution is -2.40. The van der Waals surface area contributed by atoms with Crippen LogP contribution in [0, 0.1) is 0 Å². The molecule has 0 bridgehead atoms. The molecule has 5 nitrogen and oxygen atoms in total. The fraction of sp³-hybridized carbons (Fsp3) is 0.136. The fourth-order valence-electron chi connectivity index (χ4n) is 2.79. The summed E-state index contributed by atoms with van der Waals surface area (Å²) in [7, 11) is -3.91. The summed E-state index contributed by atoms with van der Waals surface area (Å²) >= 11 is 15.1. The quantitative estimate of drug-likeness (QED) is 0.423. The zero-order valence-electron chi connectivity index (χ0n) is 16.3. The van der Waals surface area contributed by atoms with Crippen molar-refractivity contribution in [1.29, 1.82) is 0 Å². The van der Waals surface area contributed by atoms with Crippen LogP contribution in [0.4, 0.5) is 0 Å². The number of carbonyl (C=O) groups is 1. The minimum absolute atomic E-state index is 0.0317. The second-order valence-corrected chi connectivity index (χ2v) is 10.5. The molecule has 1 N–H and O–H groups in total. The number of hydrogen-bond acceptors (Lipinski definition) is 3. The number of amides is 1. The van der Waals surface area contributed by atoms with Gasteiger partial charge in [0.1, 0.15) is 0 Å². The number of benzene rings is 3. The van der Waals surface area contributed by atoms with Crippen molar-refractivity contribution in [2.24, 2.45) is 0 Å². The molecule has 162 valence electrons. The van der Waals surface area contributed by atoms with Gasteiger partial charge in [-0.1, -0.05) is 63.4 Å². The maximum atomic E-state index is 13.3. The van der Waals surface area contributed by atoms with E-state index in [9.17, 15) is 13.2 Å². The van der Waals surface area contributed by atoms with E-state index in [4.69, 9.17) is 23.2 Å². The number of halogens is 3. The number of sulfonamides is 1. The number of carbonyl (C=O) groups excluding carboxylic acids is 1. The predicted octanol–water partition coefficient (Wildman–Crippen LogP) is 5.26. The first kappa shape index (κ1) is 23.8. The van der Waals surface area contributed by atoms with Gasteiger partial charge in [-0.3, -0.25) is 4.79 Å². The van der Waals surface area contributed by atoms with Gasteiger partial charge in [-0.2, -0.15) is 4.31 Å². The van der Waals surface area contributed by atoms with E-state index >= 15 is 0 Å². The van der Waals surface area contributed by atoms with Gasteiger partial charge >= 0.3 is 0 Å². The number of rotatable bonds is 8. The molecule has 0 heterocycles. The van der Waals surface area contributed by atoms with Crippen molar-refractivity contribution < 1.29 is 13.2 Å². The molecular formula is C22H19BrCl2N2O3S. The molecule has 0 aliphatic carbocycles. The minimum Gasteiger partial charge on any atom is -0.351 e. The van der Waals surface area contributed by atoms with Gasteiger partial charge in [0.05, 0.1) is 11.4 Å². The first-order valence-electron chi connectivity index (χ1n) is 9.25. The monoisotopic (exact) mass is 540 g/mol. The molecule has 9 heteroatoms. The summed E-state index contributed by atoms with van der Waals surface area (Å²) in [5.74, 6) is -0.412. The Morgan fingerprint density at radius 3 is 1.90 bits per heavy atom. The Morgan fingerprint density at radius 1 is 0.839 bits per heavy atom. The van der Waals surface area contributed by atoms with E-state index in [1.165, 1.54) is 12.1 Å². The molecule has 0 aromatic heterocycles. The normalized spacial score (nSPS) is 11.5. The summed E-state index contributed by atoms with van der Waals surface area (Å²) in [4.78, 5) is 12.7. The second kappa shape index (κ2) is 10.6. The lowest BCUT2D eigenvalue weighted by atomic mass is 10.2. The van der Waals surface area contributed by atoms with Crippen molar-refractivity contribution in [3.05, 3.63) is 98.4 Å². The highest BCUT2D eigenvalue weighted by Gasteiger charge is 2.27. The largest absolute Gasteiger partial charge is 0.351 e. The molecule has 0 saturated heterocycles. The predicted molar refractivity (Wildman–Crippen MR) is 126 cm³/mol. The van der Waals surface area contributed by atoms with Crippen LogP contribution >= 0.6 is 39.1 Å². The van der Waals surface area contributed by atoms with Crippen LogP contribution in [0.3, 0.4) is 0 Å². The van der Waals surface area contributed by atoms with E-state index in [2.05, 4.69) is 21.2 Å². The van der Waals surface area contributed by atoms with Crippen LogP contribution in [0.2, 0.25) is 10.0 Å². The molecule has 0 spiro atoms.